The maximum atomic E-state index is 14.2. The molecule has 0 amide bonds. The summed E-state index contributed by atoms with van der Waals surface area (Å²) in [4.78, 5) is 14.8. The number of nitriles is 1. The van der Waals surface area contributed by atoms with Crippen molar-refractivity contribution < 1.29 is 26.3 Å². The molecular weight excluding hydrogens is 847 g/mol. The highest BCUT2D eigenvalue weighted by Gasteiger charge is 2.33. The number of hydrogen-bond acceptors (Lipinski definition) is 4. The van der Waals surface area contributed by atoms with E-state index in [0.717, 1.165) is 35.4 Å². The Morgan fingerprint density at radius 1 is 0.394 bits per heavy atom. The van der Waals surface area contributed by atoms with Crippen LogP contribution in [0, 0.1) is 11.3 Å². The van der Waals surface area contributed by atoms with E-state index in [1.165, 1.54) is 12.1 Å². The summed E-state index contributed by atoms with van der Waals surface area (Å²) >= 11 is 0. The summed E-state index contributed by atoms with van der Waals surface area (Å²) in [6.07, 6.45) is -9.15. The van der Waals surface area contributed by atoms with E-state index in [0.29, 0.717) is 89.2 Å². The number of aromatic nitrogens is 5. The maximum absolute atomic E-state index is 14.2. The number of halogens is 6. The van der Waals surface area contributed by atoms with Gasteiger partial charge >= 0.3 is 12.4 Å². The lowest BCUT2D eigenvalue weighted by atomic mass is 9.95. The zero-order valence-electron chi connectivity index (χ0n) is 34.3. The third-order valence-electron chi connectivity index (χ3n) is 11.9. The average molecular weight is 877 g/mol. The topological polar surface area (TPSA) is 72.3 Å². The SMILES string of the molecule is N#Cc1ccc(-n2c3ccccc3c3cc(C(F)(F)F)ccc32)cc1-c1cc(-c2nc(-c3ccccc3)nc(-c3ccccc3)n2)ccc1-n1c2ccccc2c2cc(C(F)(F)F)ccc21. The predicted octanol–water partition coefficient (Wildman–Crippen LogP) is 14.6. The van der Waals surface area contributed by atoms with Gasteiger partial charge in [0.1, 0.15) is 0 Å². The quantitative estimate of drug-likeness (QED) is 0.156. The molecule has 66 heavy (non-hydrogen) atoms. The predicted molar refractivity (Wildman–Crippen MR) is 245 cm³/mol. The van der Waals surface area contributed by atoms with Crippen LogP contribution in [0.4, 0.5) is 26.3 Å². The van der Waals surface area contributed by atoms with Crippen LogP contribution in [0.1, 0.15) is 16.7 Å². The Labute approximate surface area is 371 Å². The fraction of sp³-hybridized carbons (Fsp3) is 0.0370. The minimum absolute atomic E-state index is 0.267. The van der Waals surface area contributed by atoms with E-state index in [2.05, 4.69) is 6.07 Å². The van der Waals surface area contributed by atoms with Crippen LogP contribution >= 0.6 is 0 Å². The van der Waals surface area contributed by atoms with Crippen LogP contribution < -0.4 is 0 Å². The van der Waals surface area contributed by atoms with Crippen molar-refractivity contribution in [1.82, 2.24) is 24.1 Å². The van der Waals surface area contributed by atoms with E-state index in [1.54, 1.807) is 36.4 Å². The third-order valence-corrected chi connectivity index (χ3v) is 11.9. The second-order valence-corrected chi connectivity index (χ2v) is 15.8. The lowest BCUT2D eigenvalue weighted by Crippen LogP contribution is -2.05. The standard InChI is InChI=1S/C54H30F6N6/c55-53(56,57)36-21-25-47-43(28-36)39-15-7-9-17-45(39)65(47)38-23-19-35(31-61)41(30-38)42-27-34(52-63-50(32-11-3-1-4-12-32)62-51(64-52)33-13-5-2-6-14-33)20-24-48(42)66-46-18-10-8-16-40(46)44-29-37(54(58,59)60)22-26-49(44)66/h1-30H. The molecule has 3 aromatic heterocycles. The van der Waals surface area contributed by atoms with E-state index in [1.807, 2.05) is 118 Å². The van der Waals surface area contributed by atoms with Crippen LogP contribution in [0.15, 0.2) is 182 Å². The summed E-state index contributed by atoms with van der Waals surface area (Å²) in [7, 11) is 0. The highest BCUT2D eigenvalue weighted by molar-refractivity contribution is 6.11. The van der Waals surface area contributed by atoms with Crippen LogP contribution in [0.5, 0.6) is 0 Å². The number of alkyl halides is 6. The van der Waals surface area contributed by atoms with E-state index >= 15 is 0 Å². The van der Waals surface area contributed by atoms with Gasteiger partial charge in [0.05, 0.1) is 50.5 Å². The van der Waals surface area contributed by atoms with Crippen molar-refractivity contribution in [2.45, 2.75) is 12.4 Å². The van der Waals surface area contributed by atoms with E-state index in [9.17, 15) is 31.6 Å². The van der Waals surface area contributed by atoms with E-state index in [4.69, 9.17) is 15.0 Å². The van der Waals surface area contributed by atoms with Crippen LogP contribution in [-0.2, 0) is 12.4 Å². The zero-order chi connectivity index (χ0) is 45.3. The molecule has 0 aliphatic heterocycles. The molecule has 0 fully saturated rings. The second-order valence-electron chi connectivity index (χ2n) is 15.8. The molecule has 3 heterocycles. The summed E-state index contributed by atoms with van der Waals surface area (Å²) in [5, 5.41) is 12.8. The molecule has 12 heteroatoms. The smallest absolute Gasteiger partial charge is 0.309 e. The minimum Gasteiger partial charge on any atom is -0.309 e. The van der Waals surface area contributed by atoms with E-state index in [-0.39, 0.29) is 5.56 Å². The summed E-state index contributed by atoms with van der Waals surface area (Å²) in [6.45, 7) is 0. The third kappa shape index (κ3) is 6.80. The van der Waals surface area contributed by atoms with Gasteiger partial charge < -0.3 is 9.13 Å². The molecule has 8 aromatic carbocycles. The lowest BCUT2D eigenvalue weighted by Gasteiger charge is -2.18. The Morgan fingerprint density at radius 2 is 0.864 bits per heavy atom. The molecule has 0 bridgehead atoms. The minimum atomic E-state index is -4.59. The van der Waals surface area contributed by atoms with Gasteiger partial charge in [-0.05, 0) is 84.9 Å². The maximum Gasteiger partial charge on any atom is 0.416 e. The molecule has 11 aromatic rings. The molecular formula is C54H30F6N6. The number of para-hydroxylation sites is 2. The van der Waals surface area contributed by atoms with Gasteiger partial charge in [0, 0.05) is 55.0 Å². The molecule has 0 spiro atoms. The molecule has 0 saturated carbocycles. The molecule has 6 nitrogen and oxygen atoms in total. The van der Waals surface area contributed by atoms with Crippen molar-refractivity contribution in [3.05, 3.63) is 199 Å². The average Bonchev–Trinajstić information content (AvgIpc) is 3.86. The highest BCUT2D eigenvalue weighted by Crippen LogP contribution is 2.43. The van der Waals surface area contributed by atoms with E-state index < -0.39 is 23.5 Å². The first kappa shape index (κ1) is 40.2. The Hall–Kier alpha value is -8.56. The molecule has 0 N–H and O–H groups in total. The molecule has 0 atom stereocenters. The van der Waals surface area contributed by atoms with Gasteiger partial charge in [-0.25, -0.2) is 15.0 Å². The van der Waals surface area contributed by atoms with Gasteiger partial charge in [-0.3, -0.25) is 0 Å². The molecule has 0 aliphatic carbocycles. The Bertz CT molecular complexity index is 3690. The van der Waals surface area contributed by atoms with Crippen molar-refractivity contribution >= 4 is 43.6 Å². The van der Waals surface area contributed by atoms with Crippen molar-refractivity contribution in [1.29, 1.82) is 5.26 Å². The van der Waals surface area contributed by atoms with Gasteiger partial charge in [-0.2, -0.15) is 31.6 Å². The molecule has 0 saturated heterocycles. The van der Waals surface area contributed by atoms with Crippen LogP contribution in [-0.4, -0.2) is 24.1 Å². The van der Waals surface area contributed by atoms with Crippen LogP contribution in [0.3, 0.4) is 0 Å². The summed E-state index contributed by atoms with van der Waals surface area (Å²) in [6, 6.07) is 53.7. The van der Waals surface area contributed by atoms with Gasteiger partial charge in [0.15, 0.2) is 17.5 Å². The number of hydrogen-bond donors (Lipinski definition) is 0. The van der Waals surface area contributed by atoms with Gasteiger partial charge in [-0.1, -0.05) is 97.1 Å². The van der Waals surface area contributed by atoms with Crippen molar-refractivity contribution in [2.75, 3.05) is 0 Å². The second kappa shape index (κ2) is 15.3. The summed E-state index contributed by atoms with van der Waals surface area (Å²) in [5.74, 6) is 1.17. The van der Waals surface area contributed by atoms with Crippen LogP contribution in [0.25, 0.3) is 100 Å². The fourth-order valence-electron chi connectivity index (χ4n) is 8.85. The van der Waals surface area contributed by atoms with Crippen molar-refractivity contribution in [3.8, 4) is 62.7 Å². The summed E-state index contributed by atoms with van der Waals surface area (Å²) < 4.78 is 88.6. The molecule has 0 radical (unpaired) electrons. The zero-order valence-corrected chi connectivity index (χ0v) is 34.3. The number of fused-ring (bicyclic) bond motifs is 6. The first-order valence-corrected chi connectivity index (χ1v) is 20.7. The first-order chi connectivity index (χ1) is 31.9. The van der Waals surface area contributed by atoms with Crippen molar-refractivity contribution in [2.24, 2.45) is 0 Å². The molecule has 11 rings (SSSR count). The van der Waals surface area contributed by atoms with Crippen LogP contribution in [0.2, 0.25) is 0 Å². The Kier molecular flexibility index (Phi) is 9.33. The molecule has 0 unspecified atom stereocenters. The largest absolute Gasteiger partial charge is 0.416 e. The highest BCUT2D eigenvalue weighted by atomic mass is 19.4. The van der Waals surface area contributed by atoms with Gasteiger partial charge in [0.2, 0.25) is 0 Å². The number of nitrogens with zero attached hydrogens (tertiary/aromatic N) is 6. The monoisotopic (exact) mass is 876 g/mol. The van der Waals surface area contributed by atoms with Gasteiger partial charge in [0.25, 0.3) is 0 Å². The first-order valence-electron chi connectivity index (χ1n) is 20.7. The Morgan fingerprint density at radius 3 is 1.39 bits per heavy atom. The number of benzene rings is 8. The molecule has 0 aliphatic rings. The normalized spacial score (nSPS) is 12.1. The number of rotatable bonds is 6. The fourth-order valence-corrected chi connectivity index (χ4v) is 8.85. The summed E-state index contributed by atoms with van der Waals surface area (Å²) in [5.41, 5.74) is 5.09. The Balaban J connectivity index is 1.21. The molecule has 318 valence electrons. The van der Waals surface area contributed by atoms with Gasteiger partial charge in [-0.15, -0.1) is 0 Å². The van der Waals surface area contributed by atoms with Crippen molar-refractivity contribution in [3.63, 3.8) is 0 Å². The lowest BCUT2D eigenvalue weighted by molar-refractivity contribution is -0.138.